The summed E-state index contributed by atoms with van der Waals surface area (Å²) >= 11 is 6.21. The molecular formula is C26H26ClN3O3. The molecule has 0 spiro atoms. The minimum atomic E-state index is -0.287. The lowest BCUT2D eigenvalue weighted by molar-refractivity contribution is -0.122. The van der Waals surface area contributed by atoms with Crippen molar-refractivity contribution in [2.75, 3.05) is 11.9 Å². The number of carbonyl (C=O) groups is 2. The molecule has 3 aromatic rings. The molecule has 0 saturated carbocycles. The van der Waals surface area contributed by atoms with Crippen molar-refractivity contribution in [3.8, 4) is 5.75 Å². The quantitative estimate of drug-likeness (QED) is 0.510. The van der Waals surface area contributed by atoms with Crippen molar-refractivity contribution in [1.82, 2.24) is 4.90 Å². The van der Waals surface area contributed by atoms with Crippen molar-refractivity contribution in [1.29, 1.82) is 0 Å². The number of anilines is 1. The van der Waals surface area contributed by atoms with E-state index in [1.165, 1.54) is 0 Å². The molecule has 6 nitrogen and oxygen atoms in total. The maximum absolute atomic E-state index is 13.0. The molecule has 4 rings (SSSR count). The number of benzene rings is 3. The Labute approximate surface area is 198 Å². The van der Waals surface area contributed by atoms with Crippen LogP contribution in [0.3, 0.4) is 0 Å². The lowest BCUT2D eigenvalue weighted by Crippen LogP contribution is -2.39. The van der Waals surface area contributed by atoms with Crippen LogP contribution in [-0.4, -0.2) is 29.3 Å². The molecule has 7 heteroatoms. The Balaban J connectivity index is 1.44. The van der Waals surface area contributed by atoms with Gasteiger partial charge in [0.1, 0.15) is 12.4 Å². The number of para-hydroxylation sites is 1. The van der Waals surface area contributed by atoms with Crippen molar-refractivity contribution in [2.45, 2.75) is 32.0 Å². The molecule has 1 atom stereocenters. The third-order valence-corrected chi connectivity index (χ3v) is 6.10. The van der Waals surface area contributed by atoms with E-state index in [4.69, 9.17) is 22.1 Å². The highest BCUT2D eigenvalue weighted by Gasteiger charge is 2.28. The molecule has 1 fully saturated rings. The van der Waals surface area contributed by atoms with Gasteiger partial charge >= 0.3 is 0 Å². The average molecular weight is 464 g/mol. The molecule has 0 aliphatic carbocycles. The number of primary amides is 1. The minimum Gasteiger partial charge on any atom is -0.488 e. The summed E-state index contributed by atoms with van der Waals surface area (Å²) in [5.74, 6) is -0.0733. The number of nitrogens with zero attached hydrogens (tertiary/aromatic N) is 1. The van der Waals surface area contributed by atoms with Gasteiger partial charge in [0.05, 0.1) is 11.6 Å². The first-order valence-corrected chi connectivity index (χ1v) is 11.3. The maximum Gasteiger partial charge on any atom is 0.259 e. The van der Waals surface area contributed by atoms with Crippen molar-refractivity contribution < 1.29 is 14.3 Å². The molecule has 3 N–H and O–H groups in total. The first-order valence-electron chi connectivity index (χ1n) is 10.9. The summed E-state index contributed by atoms with van der Waals surface area (Å²) in [4.78, 5) is 26.8. The highest BCUT2D eigenvalue weighted by Crippen LogP contribution is 2.24. The van der Waals surface area contributed by atoms with Crippen molar-refractivity contribution in [3.63, 3.8) is 0 Å². The minimum absolute atomic E-state index is 0.231. The zero-order chi connectivity index (χ0) is 23.2. The summed E-state index contributed by atoms with van der Waals surface area (Å²) in [6, 6.07) is 21.9. The normalized spacial score (nSPS) is 15.8. The fourth-order valence-electron chi connectivity index (χ4n) is 4.07. The summed E-state index contributed by atoms with van der Waals surface area (Å²) in [6.45, 7) is 1.70. The van der Waals surface area contributed by atoms with E-state index < -0.39 is 0 Å². The average Bonchev–Trinajstić information content (AvgIpc) is 3.27. The van der Waals surface area contributed by atoms with Crippen LogP contribution in [0.5, 0.6) is 5.75 Å². The van der Waals surface area contributed by atoms with Gasteiger partial charge in [-0.2, -0.15) is 0 Å². The van der Waals surface area contributed by atoms with Gasteiger partial charge in [-0.15, -0.1) is 0 Å². The van der Waals surface area contributed by atoms with Crippen LogP contribution in [0, 0.1) is 0 Å². The van der Waals surface area contributed by atoms with Gasteiger partial charge in [-0.05, 0) is 55.3 Å². The third-order valence-electron chi connectivity index (χ3n) is 5.74. The molecule has 1 unspecified atom stereocenters. The van der Waals surface area contributed by atoms with E-state index in [1.54, 1.807) is 24.3 Å². The van der Waals surface area contributed by atoms with E-state index in [0.717, 1.165) is 30.5 Å². The standard InChI is InChI=1S/C26H26ClN3O3/c27-22-11-3-1-8-19(22)17-33-24-13-4-2-10-21(24)26(32)29-20-9-5-7-18(15-20)16-30-14-6-12-23(30)25(28)31/h1-5,7-11,13,15,23H,6,12,14,16-17H2,(H2,28,31)(H,29,32). The number of carbonyl (C=O) groups excluding carboxylic acids is 2. The summed E-state index contributed by atoms with van der Waals surface area (Å²) in [6.07, 6.45) is 1.74. The smallest absolute Gasteiger partial charge is 0.259 e. The van der Waals surface area contributed by atoms with Gasteiger partial charge in [0.2, 0.25) is 5.91 Å². The van der Waals surface area contributed by atoms with E-state index in [-0.39, 0.29) is 24.5 Å². The zero-order valence-corrected chi connectivity index (χ0v) is 18.9. The Morgan fingerprint density at radius 2 is 1.85 bits per heavy atom. The number of ether oxygens (including phenoxy) is 1. The number of hydrogen-bond acceptors (Lipinski definition) is 4. The molecule has 170 valence electrons. The van der Waals surface area contributed by atoms with Gasteiger partial charge in [0.25, 0.3) is 5.91 Å². The van der Waals surface area contributed by atoms with Crippen molar-refractivity contribution >= 4 is 29.1 Å². The number of amides is 2. The second-order valence-corrected chi connectivity index (χ2v) is 8.47. The first kappa shape index (κ1) is 22.8. The van der Waals surface area contributed by atoms with Gasteiger partial charge < -0.3 is 15.8 Å². The second-order valence-electron chi connectivity index (χ2n) is 8.06. The molecule has 1 aliphatic heterocycles. The molecular weight excluding hydrogens is 438 g/mol. The van der Waals surface area contributed by atoms with Gasteiger partial charge in [-0.1, -0.05) is 54.1 Å². The van der Waals surface area contributed by atoms with E-state index in [9.17, 15) is 9.59 Å². The lowest BCUT2D eigenvalue weighted by atomic mass is 10.1. The van der Waals surface area contributed by atoms with Crippen LogP contribution < -0.4 is 15.8 Å². The molecule has 0 aromatic heterocycles. The van der Waals surface area contributed by atoms with E-state index in [2.05, 4.69) is 10.2 Å². The highest BCUT2D eigenvalue weighted by molar-refractivity contribution is 6.31. The fraction of sp³-hybridized carbons (Fsp3) is 0.231. The van der Waals surface area contributed by atoms with Crippen LogP contribution in [0.1, 0.15) is 34.3 Å². The molecule has 2 amide bonds. The third kappa shape index (κ3) is 5.72. The number of halogens is 1. The Morgan fingerprint density at radius 1 is 1.06 bits per heavy atom. The number of nitrogens with one attached hydrogen (secondary N) is 1. The molecule has 1 heterocycles. The van der Waals surface area contributed by atoms with E-state index in [1.807, 2.05) is 48.5 Å². The van der Waals surface area contributed by atoms with Gasteiger partial charge in [0, 0.05) is 22.8 Å². The molecule has 3 aromatic carbocycles. The molecule has 1 aliphatic rings. The number of rotatable bonds is 8. The van der Waals surface area contributed by atoms with Crippen molar-refractivity contribution in [3.05, 3.63) is 94.5 Å². The van der Waals surface area contributed by atoms with Gasteiger partial charge in [0.15, 0.2) is 0 Å². The summed E-state index contributed by atoms with van der Waals surface area (Å²) in [5.41, 5.74) is 8.49. The Morgan fingerprint density at radius 3 is 2.67 bits per heavy atom. The lowest BCUT2D eigenvalue weighted by Gasteiger charge is -2.22. The predicted molar refractivity (Wildman–Crippen MR) is 129 cm³/mol. The second kappa shape index (κ2) is 10.5. The summed E-state index contributed by atoms with van der Waals surface area (Å²) in [7, 11) is 0. The number of hydrogen-bond donors (Lipinski definition) is 2. The van der Waals surface area contributed by atoms with Crippen LogP contribution in [0.4, 0.5) is 5.69 Å². The molecule has 1 saturated heterocycles. The van der Waals surface area contributed by atoms with Crippen LogP contribution >= 0.6 is 11.6 Å². The van der Waals surface area contributed by atoms with E-state index in [0.29, 0.717) is 28.6 Å². The topological polar surface area (TPSA) is 84.7 Å². The van der Waals surface area contributed by atoms with Crippen LogP contribution in [0.15, 0.2) is 72.8 Å². The SMILES string of the molecule is NC(=O)C1CCCN1Cc1cccc(NC(=O)c2ccccc2OCc2ccccc2Cl)c1. The van der Waals surface area contributed by atoms with Crippen LogP contribution in [0.25, 0.3) is 0 Å². The van der Waals surface area contributed by atoms with Gasteiger partial charge in [-0.25, -0.2) is 0 Å². The molecule has 0 radical (unpaired) electrons. The fourth-order valence-corrected chi connectivity index (χ4v) is 4.26. The number of likely N-dealkylation sites (tertiary alicyclic amines) is 1. The zero-order valence-electron chi connectivity index (χ0n) is 18.2. The Kier molecular flexibility index (Phi) is 7.27. The van der Waals surface area contributed by atoms with E-state index >= 15 is 0 Å². The first-order chi connectivity index (χ1) is 16.0. The monoisotopic (exact) mass is 463 g/mol. The van der Waals surface area contributed by atoms with Crippen LogP contribution in [0.2, 0.25) is 5.02 Å². The highest BCUT2D eigenvalue weighted by atomic mass is 35.5. The maximum atomic E-state index is 13.0. The van der Waals surface area contributed by atoms with Crippen molar-refractivity contribution in [2.24, 2.45) is 5.73 Å². The predicted octanol–water partition coefficient (Wildman–Crippen LogP) is 4.62. The van der Waals surface area contributed by atoms with Crippen LogP contribution in [-0.2, 0) is 17.9 Å². The Hall–Kier alpha value is -3.35. The summed E-state index contributed by atoms with van der Waals surface area (Å²) in [5, 5.41) is 3.57. The summed E-state index contributed by atoms with van der Waals surface area (Å²) < 4.78 is 5.91. The largest absolute Gasteiger partial charge is 0.488 e. The molecule has 33 heavy (non-hydrogen) atoms. The van der Waals surface area contributed by atoms with Gasteiger partial charge in [-0.3, -0.25) is 14.5 Å². The number of nitrogens with two attached hydrogens (primary N) is 1. The Bertz CT molecular complexity index is 1150. The molecule has 0 bridgehead atoms.